The molecule has 1 aromatic carbocycles. The highest BCUT2D eigenvalue weighted by molar-refractivity contribution is 6.90. The first-order chi connectivity index (χ1) is 11.8. The fraction of sp³-hybridized carbons (Fsp3) is 0.619. The van der Waals surface area contributed by atoms with Gasteiger partial charge in [-0.2, -0.15) is 0 Å². The summed E-state index contributed by atoms with van der Waals surface area (Å²) >= 11 is 0. The van der Waals surface area contributed by atoms with Crippen molar-refractivity contribution in [1.29, 1.82) is 0 Å². The molecule has 25 heavy (non-hydrogen) atoms. The molecule has 0 spiro atoms. The van der Waals surface area contributed by atoms with E-state index >= 15 is 0 Å². The fourth-order valence-electron chi connectivity index (χ4n) is 4.22. The van der Waals surface area contributed by atoms with E-state index in [0.717, 1.165) is 23.5 Å². The molecule has 0 saturated carbocycles. The summed E-state index contributed by atoms with van der Waals surface area (Å²) in [5, 5.41) is 0. The molecule has 0 radical (unpaired) electrons. The van der Waals surface area contributed by atoms with Crippen molar-refractivity contribution in [1.82, 2.24) is 0 Å². The Kier molecular flexibility index (Phi) is 6.59. The Morgan fingerprint density at radius 2 is 1.48 bits per heavy atom. The first-order valence-corrected chi connectivity index (χ1v) is 11.7. The predicted octanol–water partition coefficient (Wildman–Crippen LogP) is 4.53. The van der Waals surface area contributed by atoms with Crippen LogP contribution >= 0.6 is 0 Å². The van der Waals surface area contributed by atoms with Crippen LogP contribution in [0.2, 0.25) is 16.6 Å². The van der Waals surface area contributed by atoms with E-state index in [2.05, 4.69) is 59.1 Å². The Balaban J connectivity index is 2.53. The minimum atomic E-state index is -1.76. The van der Waals surface area contributed by atoms with E-state index < -0.39 is 8.07 Å². The van der Waals surface area contributed by atoms with Gasteiger partial charge < -0.3 is 15.2 Å². The quantitative estimate of drug-likeness (QED) is 0.620. The zero-order valence-electron chi connectivity index (χ0n) is 16.6. The van der Waals surface area contributed by atoms with Crippen LogP contribution in [0.3, 0.4) is 0 Å². The zero-order valence-corrected chi connectivity index (χ0v) is 17.6. The summed E-state index contributed by atoms with van der Waals surface area (Å²) in [6.07, 6.45) is 0.806. The second-order valence-corrected chi connectivity index (χ2v) is 13.4. The molecule has 0 unspecified atom stereocenters. The maximum Gasteiger partial charge on any atom is 0.162 e. The van der Waals surface area contributed by atoms with Gasteiger partial charge in [0.2, 0.25) is 0 Å². The van der Waals surface area contributed by atoms with E-state index in [-0.39, 0.29) is 0 Å². The largest absolute Gasteiger partial charge is 0.486 e. The molecule has 2 N–H and O–H groups in total. The van der Waals surface area contributed by atoms with Crippen molar-refractivity contribution < 1.29 is 9.47 Å². The number of nitrogens with two attached hydrogens (primary N) is 1. The third-order valence-corrected chi connectivity index (χ3v) is 11.8. The maximum atomic E-state index is 5.82. The van der Waals surface area contributed by atoms with Gasteiger partial charge in [0.1, 0.15) is 21.3 Å². The summed E-state index contributed by atoms with van der Waals surface area (Å²) in [5.74, 6) is 5.18. The number of ether oxygens (including phenoxy) is 2. The molecule has 0 aromatic heterocycles. The van der Waals surface area contributed by atoms with Crippen LogP contribution in [0.15, 0.2) is 12.1 Å². The van der Waals surface area contributed by atoms with Crippen LogP contribution < -0.4 is 15.2 Å². The van der Waals surface area contributed by atoms with Crippen molar-refractivity contribution in [2.24, 2.45) is 5.73 Å². The lowest BCUT2D eigenvalue weighted by Crippen LogP contribution is -2.43. The van der Waals surface area contributed by atoms with Crippen molar-refractivity contribution in [3.05, 3.63) is 23.3 Å². The van der Waals surface area contributed by atoms with Gasteiger partial charge in [-0.15, -0.1) is 5.54 Å². The first kappa shape index (κ1) is 19.9. The summed E-state index contributed by atoms with van der Waals surface area (Å²) in [7, 11) is -1.76. The molecule has 1 aliphatic heterocycles. The molecular formula is C21H33NO2Si. The molecule has 0 aliphatic carbocycles. The molecule has 1 aromatic rings. The maximum absolute atomic E-state index is 5.82. The van der Waals surface area contributed by atoms with Gasteiger partial charge in [0, 0.05) is 5.56 Å². The van der Waals surface area contributed by atoms with E-state index in [4.69, 9.17) is 15.2 Å². The average molecular weight is 360 g/mol. The molecule has 0 atom stereocenters. The highest BCUT2D eigenvalue weighted by atomic mass is 28.3. The monoisotopic (exact) mass is 359 g/mol. The van der Waals surface area contributed by atoms with Crippen LogP contribution in [0.4, 0.5) is 0 Å². The molecule has 4 heteroatoms. The van der Waals surface area contributed by atoms with Gasteiger partial charge in [-0.3, -0.25) is 0 Å². The number of benzene rings is 1. The second-order valence-electron chi connectivity index (χ2n) is 7.84. The summed E-state index contributed by atoms with van der Waals surface area (Å²) in [6, 6.07) is 4.11. The molecule has 0 saturated heterocycles. The zero-order chi connectivity index (χ0) is 18.6. The highest BCUT2D eigenvalue weighted by Crippen LogP contribution is 2.41. The van der Waals surface area contributed by atoms with E-state index in [1.54, 1.807) is 0 Å². The molecular weight excluding hydrogens is 326 g/mol. The van der Waals surface area contributed by atoms with Crippen molar-refractivity contribution in [2.45, 2.75) is 64.6 Å². The van der Waals surface area contributed by atoms with Gasteiger partial charge in [-0.25, -0.2) is 0 Å². The summed E-state index contributed by atoms with van der Waals surface area (Å²) in [4.78, 5) is 0. The van der Waals surface area contributed by atoms with Crippen LogP contribution in [0, 0.1) is 11.5 Å². The topological polar surface area (TPSA) is 44.5 Å². The second kappa shape index (κ2) is 8.29. The number of hydrogen-bond donors (Lipinski definition) is 1. The van der Waals surface area contributed by atoms with Gasteiger partial charge in [0.05, 0.1) is 0 Å². The van der Waals surface area contributed by atoms with E-state index in [0.29, 0.717) is 36.4 Å². The third kappa shape index (κ3) is 4.04. The molecule has 3 nitrogen and oxygen atoms in total. The Bertz CT molecular complexity index is 634. The van der Waals surface area contributed by atoms with E-state index in [1.165, 1.54) is 5.56 Å². The van der Waals surface area contributed by atoms with Crippen LogP contribution in [-0.4, -0.2) is 27.8 Å². The number of fused-ring (bicyclic) bond motifs is 1. The van der Waals surface area contributed by atoms with Gasteiger partial charge in [0.25, 0.3) is 0 Å². The summed E-state index contributed by atoms with van der Waals surface area (Å²) in [5.41, 5.74) is 13.7. The molecule has 0 fully saturated rings. The minimum absolute atomic E-state index is 0.596. The smallest absolute Gasteiger partial charge is 0.162 e. The van der Waals surface area contributed by atoms with Gasteiger partial charge >= 0.3 is 0 Å². The Labute approximate surface area is 154 Å². The normalized spacial score (nSPS) is 14.0. The lowest BCUT2D eigenvalue weighted by atomic mass is 10.0. The van der Waals surface area contributed by atoms with Crippen LogP contribution in [0.25, 0.3) is 0 Å². The van der Waals surface area contributed by atoms with Crippen LogP contribution in [0.5, 0.6) is 11.5 Å². The van der Waals surface area contributed by atoms with Crippen molar-refractivity contribution in [3.63, 3.8) is 0 Å². The van der Waals surface area contributed by atoms with Gasteiger partial charge in [-0.1, -0.05) is 47.5 Å². The lowest BCUT2D eigenvalue weighted by molar-refractivity contribution is 0.171. The summed E-state index contributed by atoms with van der Waals surface area (Å²) < 4.78 is 11.5. The van der Waals surface area contributed by atoms with Gasteiger partial charge in [0.15, 0.2) is 11.5 Å². The lowest BCUT2D eigenvalue weighted by Gasteiger charge is -2.38. The standard InChI is InChI=1S/C21H33NO2Si/c1-15(2)25(16(3)4,17(5)6)12-8-19-14-21-20(23-10-11-24-21)13-18(19)7-9-22/h13-17H,7,9-11,22H2,1-6H3. The van der Waals surface area contributed by atoms with E-state index in [1.807, 2.05) is 6.07 Å². The Hall–Kier alpha value is -1.44. The van der Waals surface area contributed by atoms with Crippen LogP contribution in [0.1, 0.15) is 52.7 Å². The van der Waals surface area contributed by atoms with Crippen molar-refractivity contribution >= 4 is 8.07 Å². The Morgan fingerprint density at radius 1 is 0.960 bits per heavy atom. The van der Waals surface area contributed by atoms with Crippen molar-refractivity contribution in [3.8, 4) is 23.0 Å². The molecule has 0 bridgehead atoms. The fourth-order valence-corrected chi connectivity index (χ4v) is 9.44. The molecule has 0 amide bonds. The average Bonchev–Trinajstić information content (AvgIpc) is 2.54. The number of rotatable bonds is 5. The minimum Gasteiger partial charge on any atom is -0.486 e. The SMILES string of the molecule is CC(C)[Si](C#Cc1cc2c(cc1CCN)OCCO2)(C(C)C)C(C)C. The van der Waals surface area contributed by atoms with Crippen LogP contribution in [-0.2, 0) is 6.42 Å². The third-order valence-electron chi connectivity index (χ3n) is 5.46. The molecule has 1 aliphatic rings. The van der Waals surface area contributed by atoms with Gasteiger partial charge in [-0.05, 0) is 47.3 Å². The first-order valence-electron chi connectivity index (χ1n) is 9.48. The highest BCUT2D eigenvalue weighted by Gasteiger charge is 2.41. The molecule has 2 rings (SSSR count). The van der Waals surface area contributed by atoms with Crippen molar-refractivity contribution in [2.75, 3.05) is 19.8 Å². The predicted molar refractivity (Wildman–Crippen MR) is 108 cm³/mol. The van der Waals surface area contributed by atoms with E-state index in [9.17, 15) is 0 Å². The molecule has 1 heterocycles. The number of hydrogen-bond acceptors (Lipinski definition) is 3. The Morgan fingerprint density at radius 3 is 1.96 bits per heavy atom. The molecule has 138 valence electrons. The summed E-state index contributed by atoms with van der Waals surface area (Å²) in [6.45, 7) is 15.8.